The Morgan fingerprint density at radius 1 is 1.13 bits per heavy atom. The molecule has 0 amide bonds. The molecule has 0 bridgehead atoms. The van der Waals surface area contributed by atoms with Crippen LogP contribution in [0.25, 0.3) is 5.69 Å². The number of Topliss-reactive ketones (excluding diaryl/α,β-unsaturated/α-hetero) is 1. The topological polar surface area (TPSA) is 94.7 Å². The van der Waals surface area contributed by atoms with Crippen LogP contribution in [-0.2, 0) is 10.9 Å². The number of halogens is 3. The van der Waals surface area contributed by atoms with Gasteiger partial charge in [0.25, 0.3) is 5.69 Å². The largest absolute Gasteiger partial charge is 0.454 e. The fourth-order valence-electron chi connectivity index (χ4n) is 5.03. The molecule has 0 saturated carbocycles. The number of anilines is 1. The summed E-state index contributed by atoms with van der Waals surface area (Å²) in [6.07, 6.45) is -2.55. The number of ketones is 1. The number of esters is 1. The Balaban J connectivity index is 1.50. The standard InChI is InChI=1S/C28H28F3N3O5/c1-17-6-5-11-32(15-17)24-10-9-20(13-25(24)34(37)38)27(36)39-16-26(35)23-12-18(2)33(19(23)3)22-8-4-7-21(14-22)28(29,30)31/h4,7-10,12-14,17H,5-6,11,15-16H2,1-3H3/t17-/m1/s1. The first-order chi connectivity index (χ1) is 18.4. The number of rotatable bonds is 7. The number of nitro benzene ring substituents is 1. The van der Waals surface area contributed by atoms with Crippen LogP contribution in [-0.4, -0.2) is 40.9 Å². The van der Waals surface area contributed by atoms with Crippen LogP contribution in [0.3, 0.4) is 0 Å². The maximum absolute atomic E-state index is 13.2. The number of nitro groups is 1. The summed E-state index contributed by atoms with van der Waals surface area (Å²) in [7, 11) is 0. The summed E-state index contributed by atoms with van der Waals surface area (Å²) in [6, 6.07) is 10.4. The molecule has 1 atom stereocenters. The zero-order valence-corrected chi connectivity index (χ0v) is 21.7. The number of hydrogen-bond donors (Lipinski definition) is 0. The average Bonchev–Trinajstić information content (AvgIpc) is 3.19. The van der Waals surface area contributed by atoms with Crippen molar-refractivity contribution in [3.63, 3.8) is 0 Å². The van der Waals surface area contributed by atoms with Crippen molar-refractivity contribution in [2.45, 2.75) is 39.8 Å². The van der Waals surface area contributed by atoms with E-state index in [0.717, 1.165) is 31.0 Å². The van der Waals surface area contributed by atoms with Crippen molar-refractivity contribution in [1.29, 1.82) is 0 Å². The van der Waals surface area contributed by atoms with Gasteiger partial charge in [-0.3, -0.25) is 14.9 Å². The number of aryl methyl sites for hydroxylation is 1. The maximum Gasteiger partial charge on any atom is 0.416 e. The number of nitrogens with zero attached hydrogens (tertiary/aromatic N) is 3. The third kappa shape index (κ3) is 5.97. The monoisotopic (exact) mass is 543 g/mol. The van der Waals surface area contributed by atoms with E-state index in [1.807, 2.05) is 4.90 Å². The summed E-state index contributed by atoms with van der Waals surface area (Å²) in [5, 5.41) is 11.7. The fourth-order valence-corrected chi connectivity index (χ4v) is 5.03. The van der Waals surface area contributed by atoms with Crippen LogP contribution in [0.4, 0.5) is 24.5 Å². The summed E-state index contributed by atoms with van der Waals surface area (Å²) in [5.74, 6) is -1.05. The molecule has 8 nitrogen and oxygen atoms in total. The first-order valence-corrected chi connectivity index (χ1v) is 12.5. The molecule has 1 fully saturated rings. The van der Waals surface area contributed by atoms with E-state index in [1.165, 1.54) is 34.9 Å². The van der Waals surface area contributed by atoms with Gasteiger partial charge in [0.2, 0.25) is 5.78 Å². The highest BCUT2D eigenvalue weighted by molar-refractivity contribution is 6.00. The van der Waals surface area contributed by atoms with Crippen LogP contribution in [0.1, 0.15) is 57.4 Å². The van der Waals surface area contributed by atoms with Crippen LogP contribution < -0.4 is 4.90 Å². The second-order valence-electron chi connectivity index (χ2n) is 9.82. The number of hydrogen-bond acceptors (Lipinski definition) is 6. The number of ether oxygens (including phenoxy) is 1. The SMILES string of the molecule is Cc1cc(C(=O)COC(=O)c2ccc(N3CCC[C@@H](C)C3)c([N+](=O)[O-])c2)c(C)n1-c1cccc(C(F)(F)F)c1. The summed E-state index contributed by atoms with van der Waals surface area (Å²) < 4.78 is 46.2. The van der Waals surface area contributed by atoms with E-state index in [-0.39, 0.29) is 22.5 Å². The van der Waals surface area contributed by atoms with E-state index < -0.39 is 35.0 Å². The van der Waals surface area contributed by atoms with Crippen molar-refractivity contribution >= 4 is 23.1 Å². The van der Waals surface area contributed by atoms with Gasteiger partial charge in [0.05, 0.1) is 16.1 Å². The molecule has 206 valence electrons. The van der Waals surface area contributed by atoms with Crippen molar-refractivity contribution in [2.75, 3.05) is 24.6 Å². The number of benzene rings is 2. The normalized spacial score (nSPS) is 15.7. The lowest BCUT2D eigenvalue weighted by Crippen LogP contribution is -2.34. The third-order valence-electron chi connectivity index (χ3n) is 6.90. The fraction of sp³-hybridized carbons (Fsp3) is 0.357. The second kappa shape index (κ2) is 10.9. The molecule has 0 spiro atoms. The van der Waals surface area contributed by atoms with Gasteiger partial charge in [-0.15, -0.1) is 0 Å². The minimum absolute atomic E-state index is 0.0576. The maximum atomic E-state index is 13.2. The Morgan fingerprint density at radius 3 is 2.54 bits per heavy atom. The van der Waals surface area contributed by atoms with Crippen LogP contribution in [0.2, 0.25) is 0 Å². The number of carbonyl (C=O) groups is 2. The molecule has 0 N–H and O–H groups in total. The van der Waals surface area contributed by atoms with E-state index in [9.17, 15) is 32.9 Å². The predicted octanol–water partition coefficient (Wildman–Crippen LogP) is 6.30. The molecule has 1 saturated heterocycles. The van der Waals surface area contributed by atoms with Gasteiger partial charge in [-0.2, -0.15) is 13.2 Å². The first-order valence-electron chi connectivity index (χ1n) is 12.5. The Labute approximate surface area is 223 Å². The van der Waals surface area contributed by atoms with Crippen molar-refractivity contribution < 1.29 is 32.4 Å². The third-order valence-corrected chi connectivity index (χ3v) is 6.90. The molecule has 39 heavy (non-hydrogen) atoms. The Bertz CT molecular complexity index is 1430. The van der Waals surface area contributed by atoms with Gasteiger partial charge in [-0.05, 0) is 69.0 Å². The molecule has 11 heteroatoms. The van der Waals surface area contributed by atoms with Gasteiger partial charge in [-0.25, -0.2) is 4.79 Å². The summed E-state index contributed by atoms with van der Waals surface area (Å²) in [5.41, 5.74) is 0.700. The quantitative estimate of drug-likeness (QED) is 0.150. The summed E-state index contributed by atoms with van der Waals surface area (Å²) in [6.45, 7) is 6.05. The van der Waals surface area contributed by atoms with Gasteiger partial charge < -0.3 is 14.2 Å². The Hall–Kier alpha value is -4.15. The predicted molar refractivity (Wildman–Crippen MR) is 139 cm³/mol. The van der Waals surface area contributed by atoms with Crippen LogP contribution in [0.5, 0.6) is 0 Å². The van der Waals surface area contributed by atoms with Crippen LogP contribution in [0.15, 0.2) is 48.5 Å². The number of alkyl halides is 3. The zero-order valence-electron chi connectivity index (χ0n) is 21.7. The first kappa shape index (κ1) is 27.9. The molecule has 0 aliphatic carbocycles. The van der Waals surface area contributed by atoms with Crippen molar-refractivity contribution in [3.8, 4) is 5.69 Å². The van der Waals surface area contributed by atoms with Gasteiger partial charge in [0, 0.05) is 41.8 Å². The Morgan fingerprint density at radius 2 is 1.87 bits per heavy atom. The van der Waals surface area contributed by atoms with E-state index in [1.54, 1.807) is 13.8 Å². The average molecular weight is 544 g/mol. The number of aromatic nitrogens is 1. The van der Waals surface area contributed by atoms with Gasteiger partial charge >= 0.3 is 12.1 Å². The van der Waals surface area contributed by atoms with Crippen molar-refractivity contribution in [3.05, 3.63) is 86.7 Å². The number of piperidine rings is 1. The molecule has 0 radical (unpaired) electrons. The minimum atomic E-state index is -4.52. The highest BCUT2D eigenvalue weighted by atomic mass is 19.4. The van der Waals surface area contributed by atoms with Crippen molar-refractivity contribution in [2.24, 2.45) is 5.92 Å². The molecule has 1 aromatic heterocycles. The van der Waals surface area contributed by atoms with Gasteiger partial charge in [0.15, 0.2) is 6.61 Å². The lowest BCUT2D eigenvalue weighted by molar-refractivity contribution is -0.384. The number of carbonyl (C=O) groups excluding carboxylic acids is 2. The smallest absolute Gasteiger partial charge is 0.416 e. The molecule has 1 aliphatic rings. The highest BCUT2D eigenvalue weighted by Crippen LogP contribution is 2.33. The van der Waals surface area contributed by atoms with Crippen molar-refractivity contribution in [1.82, 2.24) is 4.57 Å². The lowest BCUT2D eigenvalue weighted by atomic mass is 9.99. The van der Waals surface area contributed by atoms with Crippen LogP contribution in [0, 0.1) is 29.9 Å². The molecule has 2 aromatic carbocycles. The molecule has 2 heterocycles. The molecular formula is C28H28F3N3O5. The molecule has 1 aliphatic heterocycles. The second-order valence-corrected chi connectivity index (χ2v) is 9.82. The van der Waals surface area contributed by atoms with E-state index in [2.05, 4.69) is 6.92 Å². The van der Waals surface area contributed by atoms with Gasteiger partial charge in [-0.1, -0.05) is 13.0 Å². The van der Waals surface area contributed by atoms with E-state index in [0.29, 0.717) is 36.1 Å². The molecule has 3 aromatic rings. The van der Waals surface area contributed by atoms with E-state index >= 15 is 0 Å². The highest BCUT2D eigenvalue weighted by Gasteiger charge is 2.31. The van der Waals surface area contributed by atoms with Gasteiger partial charge in [0.1, 0.15) is 5.69 Å². The zero-order chi connectivity index (χ0) is 28.5. The minimum Gasteiger partial charge on any atom is -0.454 e. The summed E-state index contributed by atoms with van der Waals surface area (Å²) >= 11 is 0. The molecular weight excluding hydrogens is 515 g/mol. The summed E-state index contributed by atoms with van der Waals surface area (Å²) in [4.78, 5) is 38.7. The molecule has 0 unspecified atom stereocenters. The Kier molecular flexibility index (Phi) is 7.80. The van der Waals surface area contributed by atoms with Crippen LogP contribution >= 0.6 is 0 Å². The van der Waals surface area contributed by atoms with E-state index in [4.69, 9.17) is 4.74 Å². The molecule has 4 rings (SSSR count). The lowest BCUT2D eigenvalue weighted by Gasteiger charge is -2.32.